The second-order valence-electron chi connectivity index (χ2n) is 10.1. The number of fused-ring (bicyclic) bond motifs is 1. The number of amides is 2. The first-order chi connectivity index (χ1) is 18.6. The van der Waals surface area contributed by atoms with Gasteiger partial charge in [-0.15, -0.1) is 0 Å². The predicted octanol–water partition coefficient (Wildman–Crippen LogP) is 3.62. The largest absolute Gasteiger partial charge is 0.486 e. The fourth-order valence-corrected chi connectivity index (χ4v) is 5.91. The van der Waals surface area contributed by atoms with Crippen LogP contribution in [0.5, 0.6) is 11.5 Å². The van der Waals surface area contributed by atoms with Crippen LogP contribution in [0.15, 0.2) is 42.5 Å². The van der Waals surface area contributed by atoms with Gasteiger partial charge in [-0.2, -0.15) is 0 Å². The SMILES string of the molecule is C[C@@H](C(=O)NC1CCCC1)N(Cc1ccc(F)cc1)C(=O)CCCN(c1ccc2c(c1)OCCO2)S(C)(=O)=O. The van der Waals surface area contributed by atoms with Crippen molar-refractivity contribution in [2.24, 2.45) is 0 Å². The van der Waals surface area contributed by atoms with Crippen molar-refractivity contribution in [3.8, 4) is 11.5 Å². The van der Waals surface area contributed by atoms with E-state index < -0.39 is 16.1 Å². The number of benzene rings is 2. The van der Waals surface area contributed by atoms with Crippen LogP contribution in [0.4, 0.5) is 10.1 Å². The van der Waals surface area contributed by atoms with Crippen LogP contribution in [-0.2, 0) is 26.2 Å². The summed E-state index contributed by atoms with van der Waals surface area (Å²) in [5, 5.41) is 3.05. The molecule has 0 radical (unpaired) electrons. The molecule has 9 nitrogen and oxygen atoms in total. The van der Waals surface area contributed by atoms with E-state index in [0.29, 0.717) is 36.0 Å². The van der Waals surface area contributed by atoms with E-state index in [4.69, 9.17) is 9.47 Å². The molecular weight excluding hydrogens is 525 g/mol. The van der Waals surface area contributed by atoms with E-state index in [2.05, 4.69) is 5.32 Å². The summed E-state index contributed by atoms with van der Waals surface area (Å²) < 4.78 is 51.0. The summed E-state index contributed by atoms with van der Waals surface area (Å²) in [6, 6.07) is 10.1. The van der Waals surface area contributed by atoms with E-state index >= 15 is 0 Å². The lowest BCUT2D eigenvalue weighted by Gasteiger charge is -2.30. The average Bonchev–Trinajstić information content (AvgIpc) is 3.42. The third-order valence-electron chi connectivity index (χ3n) is 7.10. The molecule has 0 spiro atoms. The van der Waals surface area contributed by atoms with Crippen LogP contribution in [0.2, 0.25) is 0 Å². The number of carbonyl (C=O) groups is 2. The molecule has 0 saturated heterocycles. The van der Waals surface area contributed by atoms with E-state index in [1.165, 1.54) is 21.3 Å². The van der Waals surface area contributed by atoms with Crippen LogP contribution in [0.3, 0.4) is 0 Å². The number of halogens is 1. The van der Waals surface area contributed by atoms with Gasteiger partial charge < -0.3 is 19.7 Å². The van der Waals surface area contributed by atoms with Crippen LogP contribution in [0.25, 0.3) is 0 Å². The number of nitrogens with zero attached hydrogens (tertiary/aromatic N) is 2. The minimum Gasteiger partial charge on any atom is -0.486 e. The van der Waals surface area contributed by atoms with Gasteiger partial charge >= 0.3 is 0 Å². The van der Waals surface area contributed by atoms with Gasteiger partial charge in [0.25, 0.3) is 0 Å². The molecule has 1 fully saturated rings. The Bertz CT molecular complexity index is 1260. The molecule has 1 N–H and O–H groups in total. The van der Waals surface area contributed by atoms with E-state index in [1.807, 2.05) is 0 Å². The summed E-state index contributed by atoms with van der Waals surface area (Å²) in [6.07, 6.45) is 5.35. The Morgan fingerprint density at radius 2 is 1.72 bits per heavy atom. The number of ether oxygens (including phenoxy) is 2. The average molecular weight is 562 g/mol. The van der Waals surface area contributed by atoms with E-state index in [-0.39, 0.29) is 49.6 Å². The van der Waals surface area contributed by atoms with E-state index in [0.717, 1.165) is 31.9 Å². The minimum atomic E-state index is -3.65. The van der Waals surface area contributed by atoms with Crippen LogP contribution in [0, 0.1) is 5.82 Å². The molecule has 4 rings (SSSR count). The molecule has 1 aliphatic carbocycles. The zero-order valence-corrected chi connectivity index (χ0v) is 23.2. The summed E-state index contributed by atoms with van der Waals surface area (Å²) in [4.78, 5) is 27.9. The van der Waals surface area contributed by atoms with Crippen LogP contribution >= 0.6 is 0 Å². The summed E-state index contributed by atoms with van der Waals surface area (Å²) in [5.41, 5.74) is 1.11. The van der Waals surface area contributed by atoms with Crippen molar-refractivity contribution in [1.29, 1.82) is 0 Å². The van der Waals surface area contributed by atoms with Crippen LogP contribution in [-0.4, -0.2) is 63.2 Å². The van der Waals surface area contributed by atoms with E-state index in [1.54, 1.807) is 37.3 Å². The van der Waals surface area contributed by atoms with Crippen molar-refractivity contribution in [2.75, 3.05) is 30.3 Å². The Hall–Kier alpha value is -3.34. The smallest absolute Gasteiger partial charge is 0.242 e. The second-order valence-corrected chi connectivity index (χ2v) is 12.0. The van der Waals surface area contributed by atoms with Gasteiger partial charge in [0, 0.05) is 31.6 Å². The molecule has 39 heavy (non-hydrogen) atoms. The molecule has 11 heteroatoms. The fourth-order valence-electron chi connectivity index (χ4n) is 4.95. The number of anilines is 1. The first-order valence-electron chi connectivity index (χ1n) is 13.3. The molecule has 2 aromatic rings. The Morgan fingerprint density at radius 3 is 2.38 bits per heavy atom. The number of hydrogen-bond acceptors (Lipinski definition) is 6. The summed E-state index contributed by atoms with van der Waals surface area (Å²) >= 11 is 0. The van der Waals surface area contributed by atoms with Gasteiger partial charge in [0.05, 0.1) is 11.9 Å². The number of carbonyl (C=O) groups excluding carboxylic acids is 2. The normalized spacial score (nSPS) is 16.0. The molecule has 2 aromatic carbocycles. The summed E-state index contributed by atoms with van der Waals surface area (Å²) in [5.74, 6) is 0.116. The molecule has 0 aromatic heterocycles. The molecule has 2 aliphatic rings. The van der Waals surface area contributed by atoms with Gasteiger partial charge in [0.2, 0.25) is 21.8 Å². The standard InChI is InChI=1S/C28H36FN3O6S/c1-20(28(34)30-23-6-3-4-7-23)31(19-21-9-11-22(29)12-10-21)27(33)8-5-15-32(39(2,35)36)24-13-14-25-26(18-24)38-17-16-37-25/h9-14,18,20,23H,3-8,15-17,19H2,1-2H3,(H,30,34)/t20-/m0/s1. The molecule has 1 saturated carbocycles. The third kappa shape index (κ3) is 7.62. The lowest BCUT2D eigenvalue weighted by molar-refractivity contribution is -0.141. The van der Waals surface area contributed by atoms with Gasteiger partial charge in [0.1, 0.15) is 25.1 Å². The minimum absolute atomic E-state index is 0.0266. The topological polar surface area (TPSA) is 105 Å². The van der Waals surface area contributed by atoms with Crippen molar-refractivity contribution in [3.05, 3.63) is 53.8 Å². The van der Waals surface area contributed by atoms with Gasteiger partial charge in [-0.25, -0.2) is 12.8 Å². The zero-order valence-electron chi connectivity index (χ0n) is 22.4. The zero-order chi connectivity index (χ0) is 28.0. The lowest BCUT2D eigenvalue weighted by Crippen LogP contribution is -2.49. The maximum Gasteiger partial charge on any atom is 0.242 e. The highest BCUT2D eigenvalue weighted by Crippen LogP contribution is 2.34. The first kappa shape index (κ1) is 28.7. The number of sulfonamides is 1. The molecular formula is C28H36FN3O6S. The molecule has 212 valence electrons. The Kier molecular flexibility index (Phi) is 9.32. The first-order valence-corrected chi connectivity index (χ1v) is 15.2. The van der Waals surface area contributed by atoms with Crippen molar-refractivity contribution in [3.63, 3.8) is 0 Å². The monoisotopic (exact) mass is 561 g/mol. The maximum absolute atomic E-state index is 13.5. The van der Waals surface area contributed by atoms with Gasteiger partial charge in [0.15, 0.2) is 11.5 Å². The highest BCUT2D eigenvalue weighted by atomic mass is 32.2. The Balaban J connectivity index is 1.45. The van der Waals surface area contributed by atoms with Crippen molar-refractivity contribution in [1.82, 2.24) is 10.2 Å². The maximum atomic E-state index is 13.5. The molecule has 0 bridgehead atoms. The predicted molar refractivity (Wildman–Crippen MR) is 146 cm³/mol. The number of rotatable bonds is 11. The molecule has 1 aliphatic heterocycles. The molecule has 0 unspecified atom stereocenters. The van der Waals surface area contributed by atoms with E-state index in [9.17, 15) is 22.4 Å². The number of nitrogens with one attached hydrogen (secondary N) is 1. The second kappa shape index (κ2) is 12.7. The Labute approximate surface area is 229 Å². The lowest BCUT2D eigenvalue weighted by atomic mass is 10.1. The molecule has 1 atom stereocenters. The van der Waals surface area contributed by atoms with Gasteiger partial charge in [-0.05, 0) is 56.0 Å². The van der Waals surface area contributed by atoms with Gasteiger partial charge in [-0.3, -0.25) is 13.9 Å². The quantitative estimate of drug-likeness (QED) is 0.449. The number of hydrogen-bond donors (Lipinski definition) is 1. The van der Waals surface area contributed by atoms with Crippen molar-refractivity contribution >= 4 is 27.5 Å². The molecule has 2 amide bonds. The van der Waals surface area contributed by atoms with Crippen molar-refractivity contribution < 1.29 is 31.9 Å². The van der Waals surface area contributed by atoms with Gasteiger partial charge in [-0.1, -0.05) is 25.0 Å². The Morgan fingerprint density at radius 1 is 1.05 bits per heavy atom. The van der Waals surface area contributed by atoms with Crippen molar-refractivity contribution in [2.45, 2.75) is 64.1 Å². The summed E-state index contributed by atoms with van der Waals surface area (Å²) in [7, 11) is -3.65. The fraction of sp³-hybridized carbons (Fsp3) is 0.500. The van der Waals surface area contributed by atoms with Crippen LogP contribution < -0.4 is 19.1 Å². The molecule has 1 heterocycles. The highest BCUT2D eigenvalue weighted by molar-refractivity contribution is 7.92. The van der Waals surface area contributed by atoms with Crippen LogP contribution in [0.1, 0.15) is 51.0 Å². The highest BCUT2D eigenvalue weighted by Gasteiger charge is 2.29. The third-order valence-corrected chi connectivity index (χ3v) is 8.30. The summed E-state index contributed by atoms with van der Waals surface area (Å²) in [6.45, 7) is 2.69.